The highest BCUT2D eigenvalue weighted by Gasteiger charge is 2.39. The van der Waals surface area contributed by atoms with Crippen molar-refractivity contribution in [3.05, 3.63) is 120 Å². The van der Waals surface area contributed by atoms with Crippen molar-refractivity contribution in [1.82, 2.24) is 5.32 Å². The van der Waals surface area contributed by atoms with Crippen LogP contribution in [0.3, 0.4) is 0 Å². The number of benzene rings is 3. The van der Waals surface area contributed by atoms with Gasteiger partial charge in [0.2, 0.25) is 0 Å². The molecule has 0 radical (unpaired) electrons. The Morgan fingerprint density at radius 3 is 1.68 bits per heavy atom. The third-order valence-corrected chi connectivity index (χ3v) is 4.79. The lowest BCUT2D eigenvalue weighted by atomic mass is 9.91. The summed E-state index contributed by atoms with van der Waals surface area (Å²) in [6, 6.07) is 28.0. The van der Waals surface area contributed by atoms with Crippen LogP contribution in [0.1, 0.15) is 16.7 Å². The van der Waals surface area contributed by atoms with Crippen LogP contribution >= 0.6 is 0 Å². The molecule has 0 aliphatic heterocycles. The van der Waals surface area contributed by atoms with Crippen LogP contribution in [0.15, 0.2) is 104 Å². The lowest BCUT2D eigenvalue weighted by Gasteiger charge is -2.29. The zero-order valence-corrected chi connectivity index (χ0v) is 17.2. The first-order valence-corrected chi connectivity index (χ1v) is 9.99. The highest BCUT2D eigenvalue weighted by molar-refractivity contribution is 5.88. The molecule has 0 aliphatic rings. The number of hydrogen-bond donors (Lipinski definition) is 1. The average molecular weight is 415 g/mol. The number of rotatable bonds is 9. The first kappa shape index (κ1) is 21.8. The number of nitrogens with one attached hydrogen (secondary N) is 1. The van der Waals surface area contributed by atoms with Gasteiger partial charge in [0.05, 0.1) is 0 Å². The lowest BCUT2D eigenvalue weighted by Crippen LogP contribution is -2.55. The molecule has 1 unspecified atom stereocenters. The molecular formula is C26H25NO4. The van der Waals surface area contributed by atoms with E-state index in [2.05, 4.69) is 11.9 Å². The molecular weight excluding hydrogens is 390 g/mol. The fraction of sp³-hybridized carbons (Fsp3) is 0.154. The lowest BCUT2D eigenvalue weighted by molar-refractivity contribution is -0.150. The molecule has 0 aromatic heterocycles. The average Bonchev–Trinajstić information content (AvgIpc) is 2.82. The van der Waals surface area contributed by atoms with Crippen molar-refractivity contribution in [2.24, 2.45) is 0 Å². The highest BCUT2D eigenvalue weighted by atomic mass is 16.6. The van der Waals surface area contributed by atoms with E-state index in [1.54, 1.807) is 0 Å². The summed E-state index contributed by atoms with van der Waals surface area (Å²) in [7, 11) is 0. The Balaban J connectivity index is 1.74. The normalized spacial score (nSPS) is 12.3. The molecule has 158 valence electrons. The topological polar surface area (TPSA) is 64.6 Å². The zero-order valence-electron chi connectivity index (χ0n) is 17.2. The Hall–Kier alpha value is -3.86. The Kier molecular flexibility index (Phi) is 7.60. The summed E-state index contributed by atoms with van der Waals surface area (Å²) in [5.74, 6) is -0.605. The third kappa shape index (κ3) is 6.31. The molecule has 1 amide bonds. The third-order valence-electron chi connectivity index (χ3n) is 4.79. The number of amides is 1. The molecule has 0 spiro atoms. The van der Waals surface area contributed by atoms with Gasteiger partial charge in [0.25, 0.3) is 0 Å². The van der Waals surface area contributed by atoms with Gasteiger partial charge in [-0.05, 0) is 16.7 Å². The number of esters is 1. The predicted molar refractivity (Wildman–Crippen MR) is 119 cm³/mol. The minimum atomic E-state index is -1.47. The second-order valence-electron chi connectivity index (χ2n) is 7.09. The van der Waals surface area contributed by atoms with Crippen LogP contribution in [0.25, 0.3) is 0 Å². The molecule has 0 bridgehead atoms. The summed E-state index contributed by atoms with van der Waals surface area (Å²) in [5, 5.41) is 2.68. The van der Waals surface area contributed by atoms with Crippen LogP contribution in [0.2, 0.25) is 0 Å². The number of hydrogen-bond acceptors (Lipinski definition) is 4. The Bertz CT molecular complexity index is 990. The maximum Gasteiger partial charge on any atom is 0.408 e. The Labute approximate surface area is 182 Å². The molecule has 1 atom stereocenters. The van der Waals surface area contributed by atoms with Gasteiger partial charge in [0.15, 0.2) is 5.54 Å². The largest absolute Gasteiger partial charge is 0.459 e. The van der Waals surface area contributed by atoms with Gasteiger partial charge in [-0.1, -0.05) is 97.1 Å². The van der Waals surface area contributed by atoms with Crippen LogP contribution in [0.4, 0.5) is 4.79 Å². The first-order chi connectivity index (χ1) is 15.1. The first-order valence-electron chi connectivity index (χ1n) is 9.99. The molecule has 3 aromatic rings. The standard InChI is InChI=1S/C26H25NO4/c1-2-26(18-21-12-6-3-7-13-21,24(28)30-19-22-14-8-4-9-15-22)27-25(29)31-20-23-16-10-5-11-17-23/h2-17H,1,18-20H2,(H,27,29). The van der Waals surface area contributed by atoms with Gasteiger partial charge in [-0.2, -0.15) is 0 Å². The monoisotopic (exact) mass is 415 g/mol. The summed E-state index contributed by atoms with van der Waals surface area (Å²) in [6.07, 6.45) is 0.860. The van der Waals surface area contributed by atoms with E-state index in [4.69, 9.17) is 9.47 Å². The molecule has 31 heavy (non-hydrogen) atoms. The molecule has 0 fully saturated rings. The summed E-state index contributed by atoms with van der Waals surface area (Å²) in [4.78, 5) is 25.7. The molecule has 5 heteroatoms. The number of carbonyl (C=O) groups is 2. The van der Waals surface area contributed by atoms with Crippen molar-refractivity contribution in [1.29, 1.82) is 0 Å². The molecule has 5 nitrogen and oxygen atoms in total. The highest BCUT2D eigenvalue weighted by Crippen LogP contribution is 2.19. The number of ether oxygens (including phenoxy) is 2. The predicted octanol–water partition coefficient (Wildman–Crippen LogP) is 4.82. The van der Waals surface area contributed by atoms with Gasteiger partial charge in [-0.15, -0.1) is 6.58 Å². The smallest absolute Gasteiger partial charge is 0.408 e. The van der Waals surface area contributed by atoms with E-state index in [-0.39, 0.29) is 19.6 Å². The van der Waals surface area contributed by atoms with Crippen LogP contribution in [-0.4, -0.2) is 17.6 Å². The van der Waals surface area contributed by atoms with E-state index in [9.17, 15) is 9.59 Å². The fourth-order valence-corrected chi connectivity index (χ4v) is 3.08. The molecule has 0 saturated carbocycles. The van der Waals surface area contributed by atoms with E-state index in [1.165, 1.54) is 6.08 Å². The van der Waals surface area contributed by atoms with E-state index in [0.717, 1.165) is 16.7 Å². The number of carbonyl (C=O) groups excluding carboxylic acids is 2. The minimum absolute atomic E-state index is 0.0876. The quantitative estimate of drug-likeness (QED) is 0.402. The van der Waals surface area contributed by atoms with Crippen molar-refractivity contribution in [2.75, 3.05) is 0 Å². The van der Waals surface area contributed by atoms with Gasteiger partial charge in [-0.3, -0.25) is 0 Å². The molecule has 0 heterocycles. The second-order valence-corrected chi connectivity index (χ2v) is 7.09. The molecule has 0 aliphatic carbocycles. The van der Waals surface area contributed by atoms with E-state index >= 15 is 0 Å². The second kappa shape index (κ2) is 10.8. The SMILES string of the molecule is C=CC(Cc1ccccc1)(NC(=O)OCc1ccccc1)C(=O)OCc1ccccc1. The van der Waals surface area contributed by atoms with Crippen molar-refractivity contribution < 1.29 is 19.1 Å². The van der Waals surface area contributed by atoms with Gasteiger partial charge in [0.1, 0.15) is 13.2 Å². The van der Waals surface area contributed by atoms with Crippen molar-refractivity contribution >= 4 is 12.1 Å². The van der Waals surface area contributed by atoms with Crippen LogP contribution in [0.5, 0.6) is 0 Å². The van der Waals surface area contributed by atoms with Crippen molar-refractivity contribution in [3.8, 4) is 0 Å². The van der Waals surface area contributed by atoms with Crippen LogP contribution in [0, 0.1) is 0 Å². The summed E-state index contributed by atoms with van der Waals surface area (Å²) >= 11 is 0. The van der Waals surface area contributed by atoms with Crippen LogP contribution in [-0.2, 0) is 33.9 Å². The summed E-state index contributed by atoms with van der Waals surface area (Å²) in [5.41, 5.74) is 1.07. The maximum absolute atomic E-state index is 13.1. The van der Waals surface area contributed by atoms with Crippen LogP contribution < -0.4 is 5.32 Å². The van der Waals surface area contributed by atoms with Gasteiger partial charge < -0.3 is 14.8 Å². The maximum atomic E-state index is 13.1. The van der Waals surface area contributed by atoms with Crippen molar-refractivity contribution in [2.45, 2.75) is 25.2 Å². The summed E-state index contributed by atoms with van der Waals surface area (Å²) in [6.45, 7) is 3.98. The van der Waals surface area contributed by atoms with E-state index in [1.807, 2.05) is 91.0 Å². The summed E-state index contributed by atoms with van der Waals surface area (Å²) < 4.78 is 10.9. The molecule has 3 rings (SSSR count). The fourth-order valence-electron chi connectivity index (χ4n) is 3.08. The van der Waals surface area contributed by atoms with E-state index < -0.39 is 17.6 Å². The van der Waals surface area contributed by atoms with Gasteiger partial charge >= 0.3 is 12.1 Å². The minimum Gasteiger partial charge on any atom is -0.459 e. The van der Waals surface area contributed by atoms with Gasteiger partial charge in [0, 0.05) is 6.42 Å². The van der Waals surface area contributed by atoms with Crippen molar-refractivity contribution in [3.63, 3.8) is 0 Å². The molecule has 1 N–H and O–H groups in total. The Morgan fingerprint density at radius 2 is 1.19 bits per heavy atom. The molecule has 3 aromatic carbocycles. The Morgan fingerprint density at radius 1 is 0.742 bits per heavy atom. The number of alkyl carbamates (subject to hydrolysis) is 1. The molecule has 0 saturated heterocycles. The zero-order chi connectivity index (χ0) is 21.9. The van der Waals surface area contributed by atoms with Gasteiger partial charge in [-0.25, -0.2) is 9.59 Å². The van der Waals surface area contributed by atoms with E-state index in [0.29, 0.717) is 0 Å².